The number of carbonyl (C=O) groups is 2. The van der Waals surface area contributed by atoms with Crippen molar-refractivity contribution in [1.82, 2.24) is 10.1 Å². The first-order chi connectivity index (χ1) is 27.5. The maximum Gasteiger partial charge on any atom is 0.258 e. The van der Waals surface area contributed by atoms with Crippen molar-refractivity contribution in [3.63, 3.8) is 0 Å². The molecule has 6 nitrogen and oxygen atoms in total. The van der Waals surface area contributed by atoms with Crippen molar-refractivity contribution in [2.75, 3.05) is 0 Å². The molecule has 2 N–H and O–H groups in total. The standard InChI is InChI=1S/C50H42N2O4/c53-49(47(41-27-11-19-33-15-1-5-23-37(33)41)42-28-12-20-34-16-2-6-24-38(34)42)51(55)45-31-9-10-32-46(45)52(56)50(54)48(43-29-13-21-35-17-3-7-25-39(35)43)44-30-14-22-36-18-4-8-26-40(36)44/h1-8,11-30,45-48,55-56H,9-10,31-32H2. The largest absolute Gasteiger partial charge is 0.286 e. The van der Waals surface area contributed by atoms with Crippen molar-refractivity contribution in [3.05, 3.63) is 192 Å². The minimum atomic E-state index is -0.860. The van der Waals surface area contributed by atoms with E-state index in [0.29, 0.717) is 12.8 Å². The lowest BCUT2D eigenvalue weighted by Gasteiger charge is -2.41. The second-order valence-corrected chi connectivity index (χ2v) is 14.9. The predicted octanol–water partition coefficient (Wildman–Crippen LogP) is 11.0. The van der Waals surface area contributed by atoms with Crippen LogP contribution in [-0.2, 0) is 9.59 Å². The lowest BCUT2D eigenvalue weighted by Crippen LogP contribution is -2.56. The van der Waals surface area contributed by atoms with E-state index in [1.165, 1.54) is 0 Å². The number of carbonyl (C=O) groups excluding carboxylic acids is 2. The van der Waals surface area contributed by atoms with E-state index in [0.717, 1.165) is 88.3 Å². The fraction of sp³-hybridized carbons (Fsp3) is 0.160. The molecule has 2 amide bonds. The van der Waals surface area contributed by atoms with Crippen LogP contribution in [0.1, 0.15) is 59.8 Å². The topological polar surface area (TPSA) is 81.1 Å². The number of hydrogen-bond acceptors (Lipinski definition) is 4. The Morgan fingerprint density at radius 3 is 0.929 bits per heavy atom. The molecule has 2 atom stereocenters. The Bertz CT molecular complexity index is 2380. The first-order valence-corrected chi connectivity index (χ1v) is 19.4. The second kappa shape index (κ2) is 15.1. The SMILES string of the molecule is O=C(C(c1cccc2ccccc12)c1cccc2ccccc12)N(O)C1CCCCC1N(O)C(=O)C(c1cccc2ccccc12)c1cccc2ccccc12. The summed E-state index contributed by atoms with van der Waals surface area (Å²) in [5, 5.41) is 33.8. The lowest BCUT2D eigenvalue weighted by atomic mass is 9.82. The van der Waals surface area contributed by atoms with Crippen LogP contribution in [0.3, 0.4) is 0 Å². The Morgan fingerprint density at radius 1 is 0.393 bits per heavy atom. The van der Waals surface area contributed by atoms with E-state index in [2.05, 4.69) is 0 Å². The van der Waals surface area contributed by atoms with E-state index >= 15 is 9.59 Å². The molecule has 276 valence electrons. The van der Waals surface area contributed by atoms with Gasteiger partial charge in [0.05, 0.1) is 23.9 Å². The van der Waals surface area contributed by atoms with Gasteiger partial charge in [0.25, 0.3) is 11.8 Å². The molecule has 1 aliphatic rings. The van der Waals surface area contributed by atoms with Crippen LogP contribution in [-0.4, -0.2) is 44.4 Å². The first-order valence-electron chi connectivity index (χ1n) is 19.4. The van der Waals surface area contributed by atoms with Crippen LogP contribution >= 0.6 is 0 Å². The van der Waals surface area contributed by atoms with Crippen LogP contribution in [0, 0.1) is 0 Å². The van der Waals surface area contributed by atoms with E-state index in [1.54, 1.807) is 0 Å². The molecule has 0 spiro atoms. The molecule has 9 rings (SSSR count). The highest BCUT2D eigenvalue weighted by molar-refractivity contribution is 6.01. The molecular formula is C50H42N2O4. The molecule has 0 aliphatic heterocycles. The Kier molecular flexibility index (Phi) is 9.51. The van der Waals surface area contributed by atoms with Crippen molar-refractivity contribution in [2.24, 2.45) is 0 Å². The average molecular weight is 735 g/mol. The quantitative estimate of drug-likeness (QED) is 0.120. The fourth-order valence-corrected chi connectivity index (χ4v) is 9.13. The third kappa shape index (κ3) is 6.27. The van der Waals surface area contributed by atoms with Gasteiger partial charge in [0.1, 0.15) is 0 Å². The van der Waals surface area contributed by atoms with Crippen molar-refractivity contribution in [3.8, 4) is 0 Å². The smallest absolute Gasteiger partial charge is 0.258 e. The summed E-state index contributed by atoms with van der Waals surface area (Å²) in [5.41, 5.74) is 3.11. The molecule has 1 aliphatic carbocycles. The highest BCUT2D eigenvalue weighted by atomic mass is 16.5. The van der Waals surface area contributed by atoms with Crippen LogP contribution in [0.2, 0.25) is 0 Å². The van der Waals surface area contributed by atoms with Crippen LogP contribution < -0.4 is 0 Å². The van der Waals surface area contributed by atoms with E-state index in [4.69, 9.17) is 0 Å². The average Bonchev–Trinajstić information content (AvgIpc) is 3.26. The van der Waals surface area contributed by atoms with Gasteiger partial charge in [0.2, 0.25) is 0 Å². The second-order valence-electron chi connectivity index (χ2n) is 14.9. The van der Waals surface area contributed by atoms with Crippen molar-refractivity contribution < 1.29 is 20.0 Å². The van der Waals surface area contributed by atoms with E-state index < -0.39 is 35.7 Å². The summed E-state index contributed by atoms with van der Waals surface area (Å²) in [4.78, 5) is 30.3. The van der Waals surface area contributed by atoms with E-state index in [1.807, 2.05) is 170 Å². The van der Waals surface area contributed by atoms with Gasteiger partial charge in [-0.25, -0.2) is 10.1 Å². The minimum absolute atomic E-state index is 0.419. The zero-order valence-electron chi connectivity index (χ0n) is 30.9. The van der Waals surface area contributed by atoms with Crippen LogP contribution in [0.15, 0.2) is 170 Å². The summed E-state index contributed by atoms with van der Waals surface area (Å²) in [6, 6.07) is 53.9. The van der Waals surface area contributed by atoms with Crippen molar-refractivity contribution in [1.29, 1.82) is 0 Å². The van der Waals surface area contributed by atoms with Gasteiger partial charge in [-0.1, -0.05) is 183 Å². The van der Waals surface area contributed by atoms with Gasteiger partial charge in [-0.15, -0.1) is 0 Å². The Labute approximate surface area is 325 Å². The molecule has 1 saturated carbocycles. The zero-order valence-corrected chi connectivity index (χ0v) is 30.9. The van der Waals surface area contributed by atoms with Gasteiger partial charge in [-0.2, -0.15) is 0 Å². The van der Waals surface area contributed by atoms with Crippen molar-refractivity contribution >= 4 is 54.9 Å². The predicted molar refractivity (Wildman–Crippen MR) is 223 cm³/mol. The summed E-state index contributed by atoms with van der Waals surface area (Å²) in [6.07, 6.45) is 2.30. The third-order valence-electron chi connectivity index (χ3n) is 11.8. The summed E-state index contributed by atoms with van der Waals surface area (Å²) < 4.78 is 0. The number of rotatable bonds is 8. The van der Waals surface area contributed by atoms with E-state index in [9.17, 15) is 10.4 Å². The molecular weight excluding hydrogens is 693 g/mol. The zero-order chi connectivity index (χ0) is 38.2. The van der Waals surface area contributed by atoms with Gasteiger partial charge >= 0.3 is 0 Å². The van der Waals surface area contributed by atoms with Gasteiger partial charge in [-0.05, 0) is 78.2 Å². The normalized spacial score (nSPS) is 15.9. The molecule has 8 aromatic carbocycles. The fourth-order valence-electron chi connectivity index (χ4n) is 9.13. The Hall–Kier alpha value is -6.34. The molecule has 0 radical (unpaired) electrons. The lowest BCUT2D eigenvalue weighted by molar-refractivity contribution is -0.213. The number of benzene rings is 8. The maximum absolute atomic E-state index is 15.1. The van der Waals surface area contributed by atoms with Crippen LogP contribution in [0.4, 0.5) is 0 Å². The van der Waals surface area contributed by atoms with Gasteiger partial charge in [0.15, 0.2) is 0 Å². The molecule has 0 bridgehead atoms. The number of hydroxylamine groups is 4. The maximum atomic E-state index is 15.1. The van der Waals surface area contributed by atoms with Crippen molar-refractivity contribution in [2.45, 2.75) is 49.6 Å². The first kappa shape index (κ1) is 35.4. The highest BCUT2D eigenvalue weighted by Crippen LogP contribution is 2.40. The summed E-state index contributed by atoms with van der Waals surface area (Å²) in [5.74, 6) is -2.73. The van der Waals surface area contributed by atoms with Crippen LogP contribution in [0.5, 0.6) is 0 Å². The van der Waals surface area contributed by atoms with Crippen LogP contribution in [0.25, 0.3) is 43.1 Å². The summed E-state index contributed by atoms with van der Waals surface area (Å²) in [6.45, 7) is 0. The summed E-state index contributed by atoms with van der Waals surface area (Å²) >= 11 is 0. The monoisotopic (exact) mass is 734 g/mol. The molecule has 1 fully saturated rings. The van der Waals surface area contributed by atoms with Gasteiger partial charge < -0.3 is 0 Å². The highest BCUT2D eigenvalue weighted by Gasteiger charge is 2.43. The molecule has 2 unspecified atom stereocenters. The van der Waals surface area contributed by atoms with Gasteiger partial charge in [0, 0.05) is 0 Å². The number of amides is 2. The molecule has 6 heteroatoms. The minimum Gasteiger partial charge on any atom is -0.286 e. The molecule has 0 saturated heterocycles. The number of hydrogen-bond donors (Lipinski definition) is 2. The molecule has 0 heterocycles. The molecule has 0 aromatic heterocycles. The van der Waals surface area contributed by atoms with Gasteiger partial charge in [-0.3, -0.25) is 20.0 Å². The molecule has 56 heavy (non-hydrogen) atoms. The number of nitrogens with zero attached hydrogens (tertiary/aromatic N) is 2. The number of fused-ring (bicyclic) bond motifs is 4. The van der Waals surface area contributed by atoms with E-state index in [-0.39, 0.29) is 0 Å². The third-order valence-corrected chi connectivity index (χ3v) is 11.8. The Morgan fingerprint density at radius 2 is 0.643 bits per heavy atom. The Balaban J connectivity index is 1.13. The molecule has 8 aromatic rings. The summed E-state index contributed by atoms with van der Waals surface area (Å²) in [7, 11) is 0.